The fourth-order valence-corrected chi connectivity index (χ4v) is 6.25. The number of hydrogen-bond donors (Lipinski definition) is 1. The Hall–Kier alpha value is -2.58. The van der Waals surface area contributed by atoms with Crippen LogP contribution in [0.3, 0.4) is 0 Å². The van der Waals surface area contributed by atoms with Gasteiger partial charge in [0.2, 0.25) is 5.91 Å². The zero-order valence-corrected chi connectivity index (χ0v) is 22.4. The number of carbonyl (C=O) groups excluding carboxylic acids is 3. The first-order valence-electron chi connectivity index (χ1n) is 11.6. The molecule has 0 radical (unpaired) electrons. The number of aromatic nitrogens is 1. The van der Waals surface area contributed by atoms with Crippen LogP contribution in [0.4, 0.5) is 0 Å². The highest BCUT2D eigenvalue weighted by molar-refractivity contribution is 9.10. The number of halogens is 1. The monoisotopic (exact) mass is 556 g/mol. The van der Waals surface area contributed by atoms with E-state index in [1.165, 1.54) is 19.6 Å². The molecule has 0 fully saturated rings. The molecule has 3 aromatic rings. The average molecular weight is 558 g/mol. The molecule has 0 saturated carbocycles. The fourth-order valence-electron chi connectivity index (χ4n) is 5.04. The molecule has 3 atom stereocenters. The van der Waals surface area contributed by atoms with E-state index in [9.17, 15) is 14.4 Å². The quantitative estimate of drug-likeness (QED) is 0.404. The zero-order valence-electron chi connectivity index (χ0n) is 20.0. The predicted octanol–water partition coefficient (Wildman–Crippen LogP) is 4.77. The van der Waals surface area contributed by atoms with Crippen LogP contribution >= 0.6 is 27.7 Å². The Morgan fingerprint density at radius 2 is 2.00 bits per heavy atom. The second-order valence-electron chi connectivity index (χ2n) is 8.97. The first-order valence-corrected chi connectivity index (χ1v) is 13.4. The molecule has 6 nitrogen and oxygen atoms in total. The number of esters is 1. The van der Waals surface area contributed by atoms with Crippen LogP contribution in [-0.4, -0.2) is 40.5 Å². The molecule has 1 N–H and O–H groups in total. The van der Waals surface area contributed by atoms with E-state index in [2.05, 4.69) is 33.4 Å². The van der Waals surface area contributed by atoms with E-state index in [0.717, 1.165) is 51.1 Å². The molecule has 0 spiro atoms. The molecule has 1 amide bonds. The summed E-state index contributed by atoms with van der Waals surface area (Å²) >= 11 is 4.68. The summed E-state index contributed by atoms with van der Waals surface area (Å²) in [4.78, 5) is 38.2. The maximum absolute atomic E-state index is 13.7. The van der Waals surface area contributed by atoms with E-state index >= 15 is 0 Å². The van der Waals surface area contributed by atoms with E-state index in [4.69, 9.17) is 4.74 Å². The molecule has 0 saturated heterocycles. The number of fused-ring (bicyclic) bond motifs is 2. The number of hydrogen-bond acceptors (Lipinski definition) is 5. The van der Waals surface area contributed by atoms with E-state index in [1.54, 1.807) is 0 Å². The molecule has 3 unspecified atom stereocenters. The van der Waals surface area contributed by atoms with Crippen molar-refractivity contribution in [3.8, 4) is 0 Å². The summed E-state index contributed by atoms with van der Waals surface area (Å²) in [6.07, 6.45) is 4.01. The lowest BCUT2D eigenvalue weighted by Crippen LogP contribution is -2.47. The molecule has 8 heteroatoms. The molecule has 2 aromatic carbocycles. The zero-order chi connectivity index (χ0) is 25.1. The highest BCUT2D eigenvalue weighted by Gasteiger charge is 2.36. The molecule has 4 rings (SSSR count). The number of para-hydroxylation sites is 1. The lowest BCUT2D eigenvalue weighted by molar-refractivity contribution is -0.145. The van der Waals surface area contributed by atoms with Crippen LogP contribution in [0, 0.1) is 5.92 Å². The molecule has 1 aliphatic rings. The van der Waals surface area contributed by atoms with E-state index in [1.807, 2.05) is 48.1 Å². The van der Waals surface area contributed by atoms with Crippen LogP contribution in [0.15, 0.2) is 53.1 Å². The highest BCUT2D eigenvalue weighted by atomic mass is 79.9. The SMILES string of the molecule is COC(=O)C(Cc1cn(C)c2ccccc12)NC(=O)C(CSC(C)=O)C1CCc2cc(Br)ccc21. The Labute approximate surface area is 217 Å². The van der Waals surface area contributed by atoms with Gasteiger partial charge in [0.15, 0.2) is 5.12 Å². The van der Waals surface area contributed by atoms with Crippen molar-refractivity contribution in [2.45, 2.75) is 38.1 Å². The number of thioether (sulfide) groups is 1. The van der Waals surface area contributed by atoms with Gasteiger partial charge in [-0.05, 0) is 53.6 Å². The van der Waals surface area contributed by atoms with Crippen LogP contribution in [0.5, 0.6) is 0 Å². The number of nitrogens with one attached hydrogen (secondary N) is 1. The molecule has 35 heavy (non-hydrogen) atoms. The van der Waals surface area contributed by atoms with Gasteiger partial charge in [0, 0.05) is 47.7 Å². The van der Waals surface area contributed by atoms with E-state index in [0.29, 0.717) is 12.2 Å². The molecule has 184 valence electrons. The van der Waals surface area contributed by atoms with Crippen molar-refractivity contribution in [3.63, 3.8) is 0 Å². The van der Waals surface area contributed by atoms with Gasteiger partial charge in [0.25, 0.3) is 0 Å². The summed E-state index contributed by atoms with van der Waals surface area (Å²) in [5, 5.41) is 3.98. The Morgan fingerprint density at radius 1 is 1.23 bits per heavy atom. The fraction of sp³-hybridized carbons (Fsp3) is 0.370. The summed E-state index contributed by atoms with van der Waals surface area (Å²) in [7, 11) is 3.29. The van der Waals surface area contributed by atoms with Crippen LogP contribution < -0.4 is 5.32 Å². The third-order valence-electron chi connectivity index (χ3n) is 6.72. The minimum atomic E-state index is -0.825. The van der Waals surface area contributed by atoms with Crippen molar-refractivity contribution in [2.75, 3.05) is 12.9 Å². The molecular formula is C27H29BrN2O4S. The summed E-state index contributed by atoms with van der Waals surface area (Å²) in [5.74, 6) is -0.800. The van der Waals surface area contributed by atoms with E-state index in [-0.39, 0.29) is 16.9 Å². The highest BCUT2D eigenvalue weighted by Crippen LogP contribution is 2.41. The van der Waals surface area contributed by atoms with E-state index < -0.39 is 17.9 Å². The number of aryl methyl sites for hydroxylation is 2. The summed E-state index contributed by atoms with van der Waals surface area (Å²) in [5.41, 5.74) is 4.38. The predicted molar refractivity (Wildman–Crippen MR) is 142 cm³/mol. The lowest BCUT2D eigenvalue weighted by atomic mass is 9.87. The Morgan fingerprint density at radius 3 is 2.74 bits per heavy atom. The van der Waals surface area contributed by atoms with Gasteiger partial charge in [0.05, 0.1) is 13.0 Å². The molecular weight excluding hydrogens is 528 g/mol. The van der Waals surface area contributed by atoms with Crippen LogP contribution in [0.25, 0.3) is 10.9 Å². The van der Waals surface area contributed by atoms with Gasteiger partial charge >= 0.3 is 5.97 Å². The number of nitrogens with zero attached hydrogens (tertiary/aromatic N) is 1. The summed E-state index contributed by atoms with van der Waals surface area (Å²) < 4.78 is 8.08. The van der Waals surface area contributed by atoms with Crippen LogP contribution in [0.1, 0.15) is 36.0 Å². The van der Waals surface area contributed by atoms with Gasteiger partial charge in [-0.15, -0.1) is 0 Å². The third-order valence-corrected chi connectivity index (χ3v) is 8.15. The van der Waals surface area contributed by atoms with Gasteiger partial charge in [-0.25, -0.2) is 4.79 Å². The maximum atomic E-state index is 13.7. The number of benzene rings is 2. The van der Waals surface area contributed by atoms with Crippen molar-refractivity contribution >= 4 is 55.6 Å². The third kappa shape index (κ3) is 5.64. The number of rotatable bonds is 8. The van der Waals surface area contributed by atoms with Crippen LogP contribution in [-0.2, 0) is 39.0 Å². The number of amides is 1. The smallest absolute Gasteiger partial charge is 0.328 e. The minimum Gasteiger partial charge on any atom is -0.467 e. The molecule has 0 aliphatic heterocycles. The first-order chi connectivity index (χ1) is 16.8. The lowest BCUT2D eigenvalue weighted by Gasteiger charge is -2.26. The van der Waals surface area contributed by atoms with Gasteiger partial charge in [-0.2, -0.15) is 0 Å². The number of methoxy groups -OCH3 is 1. The molecule has 1 aromatic heterocycles. The largest absolute Gasteiger partial charge is 0.467 e. The standard InChI is InChI=1S/C27H29BrN2O4S/c1-16(31)35-15-23(22-10-8-17-12-19(28)9-11-20(17)22)26(32)29-24(27(33)34-3)13-18-14-30(2)25-7-5-4-6-21(18)25/h4-7,9,11-12,14,22-24H,8,10,13,15H2,1-3H3,(H,29,32). The van der Waals surface area contributed by atoms with Crippen molar-refractivity contribution in [2.24, 2.45) is 13.0 Å². The topological polar surface area (TPSA) is 77.4 Å². The van der Waals surface area contributed by atoms with Gasteiger partial charge < -0.3 is 14.6 Å². The van der Waals surface area contributed by atoms with Crippen molar-refractivity contribution in [3.05, 3.63) is 69.8 Å². The van der Waals surface area contributed by atoms with Crippen molar-refractivity contribution in [1.82, 2.24) is 9.88 Å². The van der Waals surface area contributed by atoms with Crippen LogP contribution in [0.2, 0.25) is 0 Å². The summed E-state index contributed by atoms with van der Waals surface area (Å²) in [6, 6.07) is 13.3. The summed E-state index contributed by atoms with van der Waals surface area (Å²) in [6.45, 7) is 1.51. The van der Waals surface area contributed by atoms with Crippen molar-refractivity contribution in [1.29, 1.82) is 0 Å². The Balaban J connectivity index is 1.60. The van der Waals surface area contributed by atoms with Gasteiger partial charge in [0.1, 0.15) is 6.04 Å². The molecule has 1 aliphatic carbocycles. The van der Waals surface area contributed by atoms with Crippen molar-refractivity contribution < 1.29 is 19.1 Å². The second kappa shape index (κ2) is 11.0. The Bertz CT molecular complexity index is 1270. The minimum absolute atomic E-state index is 0.0131. The molecule has 1 heterocycles. The first kappa shape index (κ1) is 25.5. The van der Waals surface area contributed by atoms with Gasteiger partial charge in [-0.3, -0.25) is 9.59 Å². The maximum Gasteiger partial charge on any atom is 0.328 e. The molecule has 0 bridgehead atoms. The normalized spacial score (nSPS) is 16.5. The Kier molecular flexibility index (Phi) is 8.02. The number of ether oxygens (including phenoxy) is 1. The second-order valence-corrected chi connectivity index (χ2v) is 11.1. The van der Waals surface area contributed by atoms with Gasteiger partial charge in [-0.1, -0.05) is 52.0 Å². The average Bonchev–Trinajstić information content (AvgIpc) is 3.39. The number of carbonyl (C=O) groups is 3.